The molecule has 0 spiro atoms. The smallest absolute Gasteiger partial charge is 0.0469 e. The summed E-state index contributed by atoms with van der Waals surface area (Å²) in [7, 11) is 1.77. The van der Waals surface area contributed by atoms with E-state index < -0.39 is 0 Å². The maximum absolute atomic E-state index is 5.38. The van der Waals surface area contributed by atoms with E-state index in [1.807, 2.05) is 0 Å². The second-order valence-electron chi connectivity index (χ2n) is 4.75. The molecule has 1 saturated heterocycles. The number of methoxy groups -OCH3 is 1. The second kappa shape index (κ2) is 8.97. The van der Waals surface area contributed by atoms with Crippen LogP contribution in [0.1, 0.15) is 39.0 Å². The van der Waals surface area contributed by atoms with E-state index in [1.54, 1.807) is 7.11 Å². The highest BCUT2D eigenvalue weighted by molar-refractivity contribution is 4.74. The zero-order valence-electron chi connectivity index (χ0n) is 10.8. The summed E-state index contributed by atoms with van der Waals surface area (Å²) < 4.78 is 10.4. The lowest BCUT2D eigenvalue weighted by atomic mass is 9.93. The molecule has 0 aromatic heterocycles. The lowest BCUT2D eigenvalue weighted by Crippen LogP contribution is -2.37. The van der Waals surface area contributed by atoms with Gasteiger partial charge in [-0.05, 0) is 51.5 Å². The molecular formula is C13H27NO2. The first-order chi connectivity index (χ1) is 7.84. The minimum atomic E-state index is 0.645. The molecule has 1 heterocycles. The van der Waals surface area contributed by atoms with Gasteiger partial charge in [-0.1, -0.05) is 0 Å². The number of unbranched alkanes of at least 4 members (excludes halogenated alkanes) is 2. The molecule has 0 aromatic rings. The minimum Gasteiger partial charge on any atom is -0.385 e. The summed E-state index contributed by atoms with van der Waals surface area (Å²) in [4.78, 5) is 0. The van der Waals surface area contributed by atoms with Crippen LogP contribution in [0.4, 0.5) is 0 Å². The quantitative estimate of drug-likeness (QED) is 0.647. The van der Waals surface area contributed by atoms with Crippen LogP contribution in [0.25, 0.3) is 0 Å². The van der Waals surface area contributed by atoms with Crippen molar-refractivity contribution in [3.63, 3.8) is 0 Å². The Kier molecular flexibility index (Phi) is 7.81. The molecule has 1 rings (SSSR count). The fourth-order valence-corrected chi connectivity index (χ4v) is 2.26. The summed E-state index contributed by atoms with van der Waals surface area (Å²) in [6.45, 7) is 6.25. The monoisotopic (exact) mass is 229 g/mol. The normalized spacial score (nSPS) is 19.9. The van der Waals surface area contributed by atoms with Crippen LogP contribution < -0.4 is 5.32 Å². The van der Waals surface area contributed by atoms with Crippen LogP contribution in [-0.4, -0.2) is 39.5 Å². The maximum Gasteiger partial charge on any atom is 0.0469 e. The molecule has 3 heteroatoms. The summed E-state index contributed by atoms with van der Waals surface area (Å²) >= 11 is 0. The van der Waals surface area contributed by atoms with E-state index in [-0.39, 0.29) is 0 Å². The zero-order chi connectivity index (χ0) is 11.6. The van der Waals surface area contributed by atoms with Gasteiger partial charge in [-0.3, -0.25) is 0 Å². The van der Waals surface area contributed by atoms with Crippen LogP contribution in [0.3, 0.4) is 0 Å². The lowest BCUT2D eigenvalue weighted by molar-refractivity contribution is 0.0559. The average Bonchev–Trinajstić information content (AvgIpc) is 2.34. The highest BCUT2D eigenvalue weighted by Gasteiger charge is 2.19. The molecule has 3 nitrogen and oxygen atoms in total. The Morgan fingerprint density at radius 3 is 2.69 bits per heavy atom. The van der Waals surface area contributed by atoms with Gasteiger partial charge in [-0.15, -0.1) is 0 Å². The Hall–Kier alpha value is -0.120. The average molecular weight is 229 g/mol. The van der Waals surface area contributed by atoms with Crippen LogP contribution in [0, 0.1) is 5.92 Å². The van der Waals surface area contributed by atoms with Gasteiger partial charge in [0.25, 0.3) is 0 Å². The zero-order valence-corrected chi connectivity index (χ0v) is 10.8. The molecule has 0 bridgehead atoms. The fourth-order valence-electron chi connectivity index (χ4n) is 2.26. The standard InChI is InChI=1S/C13H27NO2/c1-12(13-6-10-16-11-7-13)14-8-4-3-5-9-15-2/h12-14H,3-11H2,1-2H3. The molecule has 1 aliphatic heterocycles. The number of hydrogen-bond donors (Lipinski definition) is 1. The van der Waals surface area contributed by atoms with E-state index in [0.717, 1.165) is 32.3 Å². The number of nitrogens with one attached hydrogen (secondary N) is 1. The molecule has 0 amide bonds. The van der Waals surface area contributed by atoms with Gasteiger partial charge in [-0.25, -0.2) is 0 Å². The summed E-state index contributed by atoms with van der Waals surface area (Å²) in [6.07, 6.45) is 6.15. The molecule has 1 N–H and O–H groups in total. The Morgan fingerprint density at radius 2 is 2.00 bits per heavy atom. The molecule has 0 aromatic carbocycles. The van der Waals surface area contributed by atoms with Gasteiger partial charge in [-0.2, -0.15) is 0 Å². The number of hydrogen-bond acceptors (Lipinski definition) is 3. The van der Waals surface area contributed by atoms with Crippen molar-refractivity contribution in [3.8, 4) is 0 Å². The minimum absolute atomic E-state index is 0.645. The predicted molar refractivity (Wildman–Crippen MR) is 66.7 cm³/mol. The number of ether oxygens (including phenoxy) is 2. The van der Waals surface area contributed by atoms with Crippen molar-refractivity contribution < 1.29 is 9.47 Å². The predicted octanol–water partition coefficient (Wildman–Crippen LogP) is 2.21. The van der Waals surface area contributed by atoms with Crippen molar-refractivity contribution in [2.45, 2.75) is 45.1 Å². The van der Waals surface area contributed by atoms with Crippen LogP contribution in [-0.2, 0) is 9.47 Å². The van der Waals surface area contributed by atoms with E-state index in [2.05, 4.69) is 12.2 Å². The summed E-state index contributed by atoms with van der Waals surface area (Å²) in [5.74, 6) is 0.813. The largest absolute Gasteiger partial charge is 0.385 e. The third-order valence-electron chi connectivity index (χ3n) is 3.46. The molecule has 0 radical (unpaired) electrons. The van der Waals surface area contributed by atoms with Crippen LogP contribution in [0.15, 0.2) is 0 Å². The van der Waals surface area contributed by atoms with Crippen molar-refractivity contribution in [2.24, 2.45) is 5.92 Å². The van der Waals surface area contributed by atoms with E-state index in [4.69, 9.17) is 9.47 Å². The van der Waals surface area contributed by atoms with Crippen LogP contribution >= 0.6 is 0 Å². The highest BCUT2D eigenvalue weighted by Crippen LogP contribution is 2.18. The van der Waals surface area contributed by atoms with E-state index in [1.165, 1.54) is 32.1 Å². The summed E-state index contributed by atoms with van der Waals surface area (Å²) in [5.41, 5.74) is 0. The van der Waals surface area contributed by atoms with Gasteiger partial charge in [0.1, 0.15) is 0 Å². The first-order valence-corrected chi connectivity index (χ1v) is 6.64. The topological polar surface area (TPSA) is 30.5 Å². The van der Waals surface area contributed by atoms with Crippen molar-refractivity contribution in [3.05, 3.63) is 0 Å². The first-order valence-electron chi connectivity index (χ1n) is 6.64. The third kappa shape index (κ3) is 5.83. The van der Waals surface area contributed by atoms with E-state index >= 15 is 0 Å². The lowest BCUT2D eigenvalue weighted by Gasteiger charge is -2.28. The second-order valence-corrected chi connectivity index (χ2v) is 4.75. The van der Waals surface area contributed by atoms with E-state index in [9.17, 15) is 0 Å². The van der Waals surface area contributed by atoms with Gasteiger partial charge in [0, 0.05) is 33.0 Å². The fraction of sp³-hybridized carbons (Fsp3) is 1.00. The molecule has 96 valence electrons. The van der Waals surface area contributed by atoms with Crippen molar-refractivity contribution in [1.29, 1.82) is 0 Å². The molecule has 0 aliphatic carbocycles. The Labute approximate surface area is 99.9 Å². The van der Waals surface area contributed by atoms with Gasteiger partial charge in [0.2, 0.25) is 0 Å². The van der Waals surface area contributed by atoms with Crippen LogP contribution in [0.5, 0.6) is 0 Å². The van der Waals surface area contributed by atoms with Gasteiger partial charge >= 0.3 is 0 Å². The summed E-state index contributed by atoms with van der Waals surface area (Å²) in [6, 6.07) is 0.645. The SMILES string of the molecule is COCCCCCNC(C)C1CCOCC1. The van der Waals surface area contributed by atoms with Gasteiger partial charge < -0.3 is 14.8 Å². The Bertz CT molecular complexity index is 158. The van der Waals surface area contributed by atoms with E-state index in [0.29, 0.717) is 6.04 Å². The van der Waals surface area contributed by atoms with Crippen molar-refractivity contribution in [1.82, 2.24) is 5.32 Å². The van der Waals surface area contributed by atoms with Crippen LogP contribution in [0.2, 0.25) is 0 Å². The summed E-state index contributed by atoms with van der Waals surface area (Å²) in [5, 5.41) is 3.63. The Balaban J connectivity index is 1.94. The van der Waals surface area contributed by atoms with Gasteiger partial charge in [0.15, 0.2) is 0 Å². The van der Waals surface area contributed by atoms with Gasteiger partial charge in [0.05, 0.1) is 0 Å². The third-order valence-corrected chi connectivity index (χ3v) is 3.46. The van der Waals surface area contributed by atoms with Crippen molar-refractivity contribution in [2.75, 3.05) is 33.5 Å². The molecule has 1 fully saturated rings. The number of rotatable bonds is 8. The maximum atomic E-state index is 5.38. The molecule has 1 aliphatic rings. The highest BCUT2D eigenvalue weighted by atomic mass is 16.5. The molecule has 16 heavy (non-hydrogen) atoms. The Morgan fingerprint density at radius 1 is 1.25 bits per heavy atom. The molecular weight excluding hydrogens is 202 g/mol. The molecule has 1 unspecified atom stereocenters. The molecule has 1 atom stereocenters. The first kappa shape index (κ1) is 13.9. The van der Waals surface area contributed by atoms with Crippen molar-refractivity contribution >= 4 is 0 Å². The molecule has 0 saturated carbocycles.